The van der Waals surface area contributed by atoms with Crippen LogP contribution in [0.3, 0.4) is 0 Å². The third-order valence-electron chi connectivity index (χ3n) is 6.63. The van der Waals surface area contributed by atoms with Gasteiger partial charge in [0.15, 0.2) is 0 Å². The van der Waals surface area contributed by atoms with Crippen molar-refractivity contribution in [3.05, 3.63) is 76.1 Å². The number of thiazole rings is 1. The van der Waals surface area contributed by atoms with E-state index in [0.29, 0.717) is 40.4 Å². The van der Waals surface area contributed by atoms with Gasteiger partial charge in [-0.1, -0.05) is 13.0 Å². The number of halogens is 1. The first-order chi connectivity index (χ1) is 16.9. The molecular weight excluding hydrogens is 465 g/mol. The number of benzene rings is 2. The van der Waals surface area contributed by atoms with Gasteiger partial charge in [-0.05, 0) is 68.1 Å². The molecule has 5 rings (SSSR count). The van der Waals surface area contributed by atoms with E-state index in [0.717, 1.165) is 23.2 Å². The van der Waals surface area contributed by atoms with Crippen molar-refractivity contribution in [2.24, 2.45) is 5.92 Å². The van der Waals surface area contributed by atoms with E-state index in [1.807, 2.05) is 17.9 Å². The van der Waals surface area contributed by atoms with Crippen molar-refractivity contribution in [2.75, 3.05) is 13.1 Å². The highest BCUT2D eigenvalue weighted by molar-refractivity contribution is 7.14. The number of fused-ring (bicyclic) bond motifs is 1. The van der Waals surface area contributed by atoms with Gasteiger partial charge < -0.3 is 14.6 Å². The van der Waals surface area contributed by atoms with Crippen molar-refractivity contribution in [1.29, 1.82) is 0 Å². The monoisotopic (exact) mass is 491 g/mol. The summed E-state index contributed by atoms with van der Waals surface area (Å²) >= 11 is 1.35. The Morgan fingerprint density at radius 2 is 2.00 bits per heavy atom. The lowest BCUT2D eigenvalue weighted by Crippen LogP contribution is -2.53. The Balaban J connectivity index is 1.38. The second-order valence-corrected chi connectivity index (χ2v) is 10.2. The quantitative estimate of drug-likeness (QED) is 0.390. The summed E-state index contributed by atoms with van der Waals surface area (Å²) in [4.78, 5) is 33.8. The molecule has 3 heterocycles. The molecule has 8 heteroatoms. The third kappa shape index (κ3) is 4.58. The van der Waals surface area contributed by atoms with Crippen LogP contribution in [0.15, 0.2) is 59.2 Å². The number of hydrogen-bond acceptors (Lipinski definition) is 5. The van der Waals surface area contributed by atoms with Gasteiger partial charge in [-0.3, -0.25) is 9.59 Å². The fraction of sp³-hybridized carbons (Fsp3) is 0.296. The lowest BCUT2D eigenvalue weighted by Gasteiger charge is -2.40. The fourth-order valence-electron chi connectivity index (χ4n) is 4.80. The van der Waals surface area contributed by atoms with Crippen LogP contribution in [-0.2, 0) is 0 Å². The molecule has 0 aliphatic carbocycles. The molecule has 1 aliphatic heterocycles. The molecule has 6 nitrogen and oxygen atoms in total. The van der Waals surface area contributed by atoms with E-state index in [9.17, 15) is 14.0 Å². The summed E-state index contributed by atoms with van der Waals surface area (Å²) in [5.41, 5.74) is 2.50. The van der Waals surface area contributed by atoms with Crippen LogP contribution < -0.4 is 5.32 Å². The standard InChI is InChI=1S/C27H26FN3O3S/c1-16-5-4-13-31(22(16)15-29-26(32)21-6-3-7-23-20(21)12-14-34-23)27(33)25-24(30-17(2)35-25)18-8-10-19(28)11-9-18/h3,6-12,14,16,22H,4-5,13,15H2,1-2H3,(H,29,32). The number of carbonyl (C=O) groups is 2. The summed E-state index contributed by atoms with van der Waals surface area (Å²) in [5.74, 6) is -0.401. The molecule has 2 atom stereocenters. The SMILES string of the molecule is Cc1nc(-c2ccc(F)cc2)c(C(=O)N2CCCC(C)C2CNC(=O)c2cccc3occc23)s1. The molecule has 2 aromatic heterocycles. The fourth-order valence-corrected chi connectivity index (χ4v) is 5.70. The smallest absolute Gasteiger partial charge is 0.266 e. The Hall–Kier alpha value is -3.52. The molecule has 0 spiro atoms. The number of nitrogens with one attached hydrogen (secondary N) is 1. The largest absolute Gasteiger partial charge is 0.464 e. The van der Waals surface area contributed by atoms with Crippen molar-refractivity contribution in [3.63, 3.8) is 0 Å². The Labute approximate surface area is 206 Å². The minimum atomic E-state index is -0.333. The molecule has 0 saturated carbocycles. The van der Waals surface area contributed by atoms with Crippen molar-refractivity contribution >= 4 is 34.1 Å². The van der Waals surface area contributed by atoms with Crippen LogP contribution in [0.5, 0.6) is 0 Å². The number of hydrogen-bond donors (Lipinski definition) is 1. The summed E-state index contributed by atoms with van der Waals surface area (Å²) in [7, 11) is 0. The van der Waals surface area contributed by atoms with E-state index in [4.69, 9.17) is 4.42 Å². The number of aromatic nitrogens is 1. The molecule has 180 valence electrons. The number of likely N-dealkylation sites (tertiary alicyclic amines) is 1. The molecule has 35 heavy (non-hydrogen) atoms. The van der Waals surface area contributed by atoms with Crippen LogP contribution in [0.4, 0.5) is 4.39 Å². The molecular formula is C27H26FN3O3S. The second kappa shape index (κ2) is 9.62. The molecule has 1 aliphatic rings. The molecule has 1 fully saturated rings. The summed E-state index contributed by atoms with van der Waals surface area (Å²) in [5, 5.41) is 4.58. The maximum absolute atomic E-state index is 13.8. The average molecular weight is 492 g/mol. The van der Waals surface area contributed by atoms with Crippen molar-refractivity contribution < 1.29 is 18.4 Å². The first-order valence-corrected chi connectivity index (χ1v) is 12.5. The van der Waals surface area contributed by atoms with Crippen molar-refractivity contribution in [2.45, 2.75) is 32.7 Å². The van der Waals surface area contributed by atoms with Crippen molar-refractivity contribution in [1.82, 2.24) is 15.2 Å². The molecule has 2 unspecified atom stereocenters. The van der Waals surface area contributed by atoms with E-state index in [-0.39, 0.29) is 29.6 Å². The van der Waals surface area contributed by atoms with Gasteiger partial charge in [0.2, 0.25) is 0 Å². The lowest BCUT2D eigenvalue weighted by molar-refractivity contribution is 0.0512. The average Bonchev–Trinajstić information content (AvgIpc) is 3.49. The van der Waals surface area contributed by atoms with Crippen LogP contribution in [0.25, 0.3) is 22.2 Å². The number of furan rings is 1. The predicted octanol–water partition coefficient (Wildman–Crippen LogP) is 5.67. The Bertz CT molecular complexity index is 1380. The number of rotatable bonds is 5. The highest BCUT2D eigenvalue weighted by atomic mass is 32.1. The van der Waals surface area contributed by atoms with Gasteiger partial charge in [-0.15, -0.1) is 11.3 Å². The molecule has 0 bridgehead atoms. The maximum Gasteiger partial charge on any atom is 0.266 e. The summed E-state index contributed by atoms with van der Waals surface area (Å²) in [6, 6.07) is 13.1. The van der Waals surface area contributed by atoms with E-state index in [1.54, 1.807) is 36.6 Å². The van der Waals surface area contributed by atoms with Crippen LogP contribution in [0, 0.1) is 18.7 Å². The zero-order valence-electron chi connectivity index (χ0n) is 19.6. The predicted molar refractivity (Wildman–Crippen MR) is 134 cm³/mol. The Morgan fingerprint density at radius 1 is 1.20 bits per heavy atom. The van der Waals surface area contributed by atoms with Crippen molar-refractivity contribution in [3.8, 4) is 11.3 Å². The normalized spacial score (nSPS) is 18.1. The number of nitrogens with zero attached hydrogens (tertiary/aromatic N) is 2. The molecule has 1 N–H and O–H groups in total. The zero-order chi connectivity index (χ0) is 24.5. The van der Waals surface area contributed by atoms with Crippen LogP contribution in [0.1, 0.15) is 44.8 Å². The maximum atomic E-state index is 13.8. The van der Waals surface area contributed by atoms with E-state index in [2.05, 4.69) is 17.2 Å². The molecule has 2 aromatic carbocycles. The first kappa shape index (κ1) is 23.2. The second-order valence-electron chi connectivity index (χ2n) is 8.95. The van der Waals surface area contributed by atoms with Gasteiger partial charge in [0.05, 0.1) is 28.6 Å². The Kier molecular flexibility index (Phi) is 6.38. The molecule has 2 amide bonds. The highest BCUT2D eigenvalue weighted by Gasteiger charge is 2.35. The number of piperidine rings is 1. The minimum Gasteiger partial charge on any atom is -0.464 e. The van der Waals surface area contributed by atoms with Crippen LogP contribution in [-0.4, -0.2) is 40.8 Å². The minimum absolute atomic E-state index is 0.0994. The molecule has 1 saturated heterocycles. The van der Waals surface area contributed by atoms with Gasteiger partial charge in [-0.2, -0.15) is 0 Å². The number of carbonyl (C=O) groups excluding carboxylic acids is 2. The van der Waals surface area contributed by atoms with E-state index >= 15 is 0 Å². The summed E-state index contributed by atoms with van der Waals surface area (Å²) < 4.78 is 18.9. The van der Waals surface area contributed by atoms with Gasteiger partial charge in [0.25, 0.3) is 11.8 Å². The first-order valence-electron chi connectivity index (χ1n) is 11.7. The molecule has 0 radical (unpaired) electrons. The van der Waals surface area contributed by atoms with Crippen LogP contribution >= 0.6 is 11.3 Å². The van der Waals surface area contributed by atoms with Gasteiger partial charge in [0.1, 0.15) is 16.3 Å². The van der Waals surface area contributed by atoms with E-state index < -0.39 is 0 Å². The summed E-state index contributed by atoms with van der Waals surface area (Å²) in [6.07, 6.45) is 3.45. The van der Waals surface area contributed by atoms with Gasteiger partial charge in [-0.25, -0.2) is 9.37 Å². The van der Waals surface area contributed by atoms with Gasteiger partial charge >= 0.3 is 0 Å². The topological polar surface area (TPSA) is 75.4 Å². The third-order valence-corrected chi connectivity index (χ3v) is 7.59. The molecule has 4 aromatic rings. The number of amides is 2. The van der Waals surface area contributed by atoms with Crippen LogP contribution in [0.2, 0.25) is 0 Å². The summed E-state index contributed by atoms with van der Waals surface area (Å²) in [6.45, 7) is 4.94. The van der Waals surface area contributed by atoms with Gasteiger partial charge in [0, 0.05) is 24.0 Å². The van der Waals surface area contributed by atoms with E-state index in [1.165, 1.54) is 23.5 Å². The highest BCUT2D eigenvalue weighted by Crippen LogP contribution is 2.32. The number of aryl methyl sites for hydroxylation is 1. The Morgan fingerprint density at radius 3 is 2.80 bits per heavy atom. The zero-order valence-corrected chi connectivity index (χ0v) is 20.4. The lowest BCUT2D eigenvalue weighted by atomic mass is 9.90.